The van der Waals surface area contributed by atoms with Crippen LogP contribution in [0, 0.1) is 0 Å². The predicted molar refractivity (Wildman–Crippen MR) is 81.3 cm³/mol. The number of amides is 1. The molecular weight excluding hydrogens is 297 g/mol. The summed E-state index contributed by atoms with van der Waals surface area (Å²) in [5.41, 5.74) is 1.57. The summed E-state index contributed by atoms with van der Waals surface area (Å²) in [6, 6.07) is 11.9. The van der Waals surface area contributed by atoms with Crippen LogP contribution in [-0.4, -0.2) is 11.0 Å². The molecule has 0 aliphatic carbocycles. The molecule has 0 radical (unpaired) electrons. The normalized spacial score (nSPS) is 12.0. The number of rotatable bonds is 3. The van der Waals surface area contributed by atoms with Crippen LogP contribution in [0.5, 0.6) is 0 Å². The van der Waals surface area contributed by atoms with E-state index in [1.165, 1.54) is 6.92 Å². The summed E-state index contributed by atoms with van der Waals surface area (Å²) < 4.78 is 0. The molecule has 0 bridgehead atoms. The van der Waals surface area contributed by atoms with Gasteiger partial charge in [0.25, 0.3) is 0 Å². The third kappa shape index (κ3) is 3.31. The number of anilines is 1. The highest BCUT2D eigenvalue weighted by Gasteiger charge is 2.18. The molecule has 2 aromatic carbocycles. The second-order valence-electron chi connectivity index (χ2n) is 4.34. The molecule has 104 valence electrons. The second kappa shape index (κ2) is 6.27. The van der Waals surface area contributed by atoms with Gasteiger partial charge in [0.15, 0.2) is 0 Å². The Labute approximate surface area is 127 Å². The number of aliphatic hydroxyl groups is 1. The monoisotopic (exact) mass is 309 g/mol. The fourth-order valence-corrected chi connectivity index (χ4v) is 2.35. The van der Waals surface area contributed by atoms with Gasteiger partial charge in [0.1, 0.15) is 6.10 Å². The number of hydrogen-bond donors (Lipinski definition) is 2. The molecule has 2 aromatic rings. The van der Waals surface area contributed by atoms with Gasteiger partial charge in [-0.1, -0.05) is 41.4 Å². The number of aliphatic hydroxyl groups excluding tert-OH is 1. The topological polar surface area (TPSA) is 49.3 Å². The predicted octanol–water partition coefficient (Wildman–Crippen LogP) is 4.03. The number of hydrogen-bond acceptors (Lipinski definition) is 2. The lowest BCUT2D eigenvalue weighted by Gasteiger charge is -2.17. The molecule has 0 heterocycles. The van der Waals surface area contributed by atoms with Crippen LogP contribution in [0.15, 0.2) is 42.5 Å². The summed E-state index contributed by atoms with van der Waals surface area (Å²) in [6.45, 7) is 1.40. The maximum Gasteiger partial charge on any atom is 0.221 e. The molecule has 1 atom stereocenters. The van der Waals surface area contributed by atoms with Crippen molar-refractivity contribution >= 4 is 34.8 Å². The molecule has 0 saturated carbocycles. The van der Waals surface area contributed by atoms with Gasteiger partial charge in [-0.05, 0) is 24.3 Å². The van der Waals surface area contributed by atoms with E-state index in [1.54, 1.807) is 42.5 Å². The van der Waals surface area contributed by atoms with E-state index >= 15 is 0 Å². The van der Waals surface area contributed by atoms with E-state index in [4.69, 9.17) is 23.2 Å². The summed E-state index contributed by atoms with van der Waals surface area (Å²) in [5.74, 6) is -0.222. The molecule has 0 aliphatic heterocycles. The molecule has 1 amide bonds. The number of carbonyl (C=O) groups excluding carboxylic acids is 1. The van der Waals surface area contributed by atoms with Crippen LogP contribution in [0.3, 0.4) is 0 Å². The summed E-state index contributed by atoms with van der Waals surface area (Å²) in [5, 5.41) is 14.1. The van der Waals surface area contributed by atoms with Gasteiger partial charge >= 0.3 is 0 Å². The van der Waals surface area contributed by atoms with Gasteiger partial charge in [0.05, 0.1) is 0 Å². The van der Waals surface area contributed by atoms with Crippen molar-refractivity contribution in [3.05, 3.63) is 63.6 Å². The molecule has 2 rings (SSSR count). The molecule has 3 nitrogen and oxygen atoms in total. The van der Waals surface area contributed by atoms with Gasteiger partial charge < -0.3 is 10.4 Å². The highest BCUT2D eigenvalue weighted by Crippen LogP contribution is 2.33. The molecular formula is C15H13Cl2NO2. The third-order valence-corrected chi connectivity index (χ3v) is 3.40. The molecule has 0 aliphatic rings. The van der Waals surface area contributed by atoms with Crippen LogP contribution >= 0.6 is 23.2 Å². The van der Waals surface area contributed by atoms with Crippen molar-refractivity contribution < 1.29 is 9.90 Å². The first kappa shape index (κ1) is 14.9. The standard InChI is InChI=1S/C15H13Cl2NO2/c1-9(19)18-14-7-6-10(16)8-12(14)15(20)11-4-2-3-5-13(11)17/h2-8,15,20H,1H3,(H,18,19). The second-order valence-corrected chi connectivity index (χ2v) is 5.18. The number of carbonyl (C=O) groups is 1. The molecule has 0 aromatic heterocycles. The summed E-state index contributed by atoms with van der Waals surface area (Å²) in [7, 11) is 0. The van der Waals surface area contributed by atoms with Crippen molar-refractivity contribution in [3.63, 3.8) is 0 Å². The lowest BCUT2D eigenvalue weighted by molar-refractivity contribution is -0.114. The maximum atomic E-state index is 11.2. The minimum absolute atomic E-state index is 0.222. The minimum atomic E-state index is -0.968. The average molecular weight is 310 g/mol. The summed E-state index contributed by atoms with van der Waals surface area (Å²) in [4.78, 5) is 11.2. The highest BCUT2D eigenvalue weighted by molar-refractivity contribution is 6.31. The van der Waals surface area contributed by atoms with Crippen molar-refractivity contribution in [2.24, 2.45) is 0 Å². The Balaban J connectivity index is 2.48. The Morgan fingerprint density at radius 3 is 2.50 bits per heavy atom. The smallest absolute Gasteiger partial charge is 0.221 e. The van der Waals surface area contributed by atoms with Gasteiger partial charge in [-0.25, -0.2) is 0 Å². The molecule has 0 saturated heterocycles. The Morgan fingerprint density at radius 1 is 1.15 bits per heavy atom. The van der Waals surface area contributed by atoms with E-state index in [0.717, 1.165) is 0 Å². The largest absolute Gasteiger partial charge is 0.384 e. The molecule has 0 fully saturated rings. The highest BCUT2D eigenvalue weighted by atomic mass is 35.5. The van der Waals surface area contributed by atoms with Crippen LogP contribution in [0.1, 0.15) is 24.2 Å². The quantitative estimate of drug-likeness (QED) is 0.899. The first-order chi connectivity index (χ1) is 9.49. The fraction of sp³-hybridized carbons (Fsp3) is 0.133. The zero-order valence-corrected chi connectivity index (χ0v) is 12.2. The van der Waals surface area contributed by atoms with Crippen LogP contribution in [0.4, 0.5) is 5.69 Å². The van der Waals surface area contributed by atoms with Gasteiger partial charge in [-0.2, -0.15) is 0 Å². The molecule has 5 heteroatoms. The average Bonchev–Trinajstić information content (AvgIpc) is 2.40. The lowest BCUT2D eigenvalue weighted by atomic mass is 9.99. The zero-order valence-electron chi connectivity index (χ0n) is 10.7. The van der Waals surface area contributed by atoms with E-state index in [2.05, 4.69) is 5.32 Å². The van der Waals surface area contributed by atoms with Crippen molar-refractivity contribution in [2.75, 3.05) is 5.32 Å². The van der Waals surface area contributed by atoms with Crippen LogP contribution in [0.2, 0.25) is 10.0 Å². The number of nitrogens with one attached hydrogen (secondary N) is 1. The number of benzene rings is 2. The first-order valence-electron chi connectivity index (χ1n) is 5.98. The number of halogens is 2. The maximum absolute atomic E-state index is 11.2. The van der Waals surface area contributed by atoms with Gasteiger partial charge in [0, 0.05) is 33.8 Å². The Bertz CT molecular complexity index is 644. The van der Waals surface area contributed by atoms with E-state index in [0.29, 0.717) is 26.9 Å². The van der Waals surface area contributed by atoms with Gasteiger partial charge in [-0.3, -0.25) is 4.79 Å². The van der Waals surface area contributed by atoms with Crippen molar-refractivity contribution in [1.29, 1.82) is 0 Å². The first-order valence-corrected chi connectivity index (χ1v) is 6.74. The summed E-state index contributed by atoms with van der Waals surface area (Å²) >= 11 is 12.1. The zero-order chi connectivity index (χ0) is 14.7. The van der Waals surface area contributed by atoms with Crippen LogP contribution in [-0.2, 0) is 4.79 Å². The summed E-state index contributed by atoms with van der Waals surface area (Å²) in [6.07, 6.45) is -0.968. The SMILES string of the molecule is CC(=O)Nc1ccc(Cl)cc1C(O)c1ccccc1Cl. The van der Waals surface area contributed by atoms with E-state index in [1.807, 2.05) is 0 Å². The van der Waals surface area contributed by atoms with E-state index in [-0.39, 0.29) is 5.91 Å². The molecule has 1 unspecified atom stereocenters. The van der Waals surface area contributed by atoms with Crippen molar-refractivity contribution in [1.82, 2.24) is 0 Å². The van der Waals surface area contributed by atoms with Crippen LogP contribution < -0.4 is 5.32 Å². The van der Waals surface area contributed by atoms with Gasteiger partial charge in [-0.15, -0.1) is 0 Å². The Hall–Kier alpha value is -1.55. The fourth-order valence-electron chi connectivity index (χ4n) is 1.93. The Kier molecular flexibility index (Phi) is 4.65. The lowest BCUT2D eigenvalue weighted by Crippen LogP contribution is -2.11. The minimum Gasteiger partial charge on any atom is -0.384 e. The molecule has 0 spiro atoms. The van der Waals surface area contributed by atoms with E-state index in [9.17, 15) is 9.90 Å². The molecule has 2 N–H and O–H groups in total. The van der Waals surface area contributed by atoms with Crippen molar-refractivity contribution in [3.8, 4) is 0 Å². The van der Waals surface area contributed by atoms with Crippen LogP contribution in [0.25, 0.3) is 0 Å². The van der Waals surface area contributed by atoms with Gasteiger partial charge in [0.2, 0.25) is 5.91 Å². The Morgan fingerprint density at radius 2 is 1.85 bits per heavy atom. The van der Waals surface area contributed by atoms with E-state index < -0.39 is 6.10 Å². The molecule has 20 heavy (non-hydrogen) atoms. The van der Waals surface area contributed by atoms with Crippen molar-refractivity contribution in [2.45, 2.75) is 13.0 Å². The third-order valence-electron chi connectivity index (χ3n) is 2.82.